The number of nitrogen functional groups attached to an aromatic ring is 1. The van der Waals surface area contributed by atoms with E-state index >= 15 is 0 Å². The summed E-state index contributed by atoms with van der Waals surface area (Å²) in [5.41, 5.74) is 9.30. The molecule has 1 rings (SSSR count). The molecule has 3 heteroatoms. The standard InChI is InChI=1S/C10H12ClNS/c1-8-9(12)4-2-5-10(8)13-7-3-6-11/h2-6H,7,12H2,1H3. The van der Waals surface area contributed by atoms with E-state index in [1.165, 1.54) is 10.4 Å². The van der Waals surface area contributed by atoms with Crippen LogP contribution in [0.5, 0.6) is 0 Å². The number of hydrogen-bond donors (Lipinski definition) is 1. The second-order valence-corrected chi connectivity index (χ2v) is 3.96. The molecule has 0 radical (unpaired) electrons. The van der Waals surface area contributed by atoms with E-state index in [0.717, 1.165) is 17.0 Å². The molecule has 13 heavy (non-hydrogen) atoms. The Kier molecular flexibility index (Phi) is 4.19. The summed E-state index contributed by atoms with van der Waals surface area (Å²) >= 11 is 7.15. The van der Waals surface area contributed by atoms with Crippen LogP contribution in [0.2, 0.25) is 0 Å². The molecule has 0 unspecified atom stereocenters. The monoisotopic (exact) mass is 213 g/mol. The van der Waals surface area contributed by atoms with Crippen LogP contribution in [0.1, 0.15) is 5.56 Å². The Morgan fingerprint density at radius 2 is 2.31 bits per heavy atom. The van der Waals surface area contributed by atoms with Crippen LogP contribution in [0, 0.1) is 6.92 Å². The fraction of sp³-hybridized carbons (Fsp3) is 0.200. The molecule has 0 spiro atoms. The van der Waals surface area contributed by atoms with E-state index < -0.39 is 0 Å². The minimum Gasteiger partial charge on any atom is -0.398 e. The minimum atomic E-state index is 0.847. The Morgan fingerprint density at radius 1 is 1.54 bits per heavy atom. The SMILES string of the molecule is Cc1c(N)cccc1SCC=CCl. The Labute approximate surface area is 88.0 Å². The highest BCUT2D eigenvalue weighted by Gasteiger charge is 1.99. The molecule has 0 heterocycles. The van der Waals surface area contributed by atoms with Crippen LogP contribution in [0.25, 0.3) is 0 Å². The van der Waals surface area contributed by atoms with E-state index in [2.05, 4.69) is 6.07 Å². The summed E-state index contributed by atoms with van der Waals surface area (Å²) in [5, 5.41) is 0. The molecule has 0 saturated carbocycles. The summed E-state index contributed by atoms with van der Waals surface area (Å²) in [6.45, 7) is 2.03. The zero-order chi connectivity index (χ0) is 9.68. The maximum atomic E-state index is 5.77. The van der Waals surface area contributed by atoms with Gasteiger partial charge >= 0.3 is 0 Å². The number of hydrogen-bond acceptors (Lipinski definition) is 2. The normalized spacial score (nSPS) is 10.9. The van der Waals surface area contributed by atoms with Crippen LogP contribution >= 0.6 is 23.4 Å². The Balaban J connectivity index is 2.71. The topological polar surface area (TPSA) is 26.0 Å². The van der Waals surface area contributed by atoms with Gasteiger partial charge in [0.1, 0.15) is 0 Å². The van der Waals surface area contributed by atoms with Crippen LogP contribution < -0.4 is 5.73 Å². The average molecular weight is 214 g/mol. The molecule has 70 valence electrons. The molecule has 0 amide bonds. The van der Waals surface area contributed by atoms with Crippen molar-refractivity contribution in [3.05, 3.63) is 35.4 Å². The van der Waals surface area contributed by atoms with Gasteiger partial charge < -0.3 is 5.73 Å². The Bertz CT molecular complexity index is 310. The summed E-state index contributed by atoms with van der Waals surface area (Å²) in [5.74, 6) is 0.883. The van der Waals surface area contributed by atoms with Gasteiger partial charge in [-0.05, 0) is 24.6 Å². The molecule has 1 aromatic carbocycles. The van der Waals surface area contributed by atoms with Crippen LogP contribution in [0.3, 0.4) is 0 Å². The van der Waals surface area contributed by atoms with Crippen molar-refractivity contribution >= 4 is 29.1 Å². The number of benzene rings is 1. The van der Waals surface area contributed by atoms with Crippen LogP contribution in [0.4, 0.5) is 5.69 Å². The predicted octanol–water partition coefficient (Wildman–Crippen LogP) is 3.42. The lowest BCUT2D eigenvalue weighted by molar-refractivity contribution is 1.31. The number of anilines is 1. The van der Waals surface area contributed by atoms with Crippen LogP contribution in [0.15, 0.2) is 34.7 Å². The quantitative estimate of drug-likeness (QED) is 0.615. The van der Waals surface area contributed by atoms with E-state index in [0.29, 0.717) is 0 Å². The van der Waals surface area contributed by atoms with Crippen LogP contribution in [-0.2, 0) is 0 Å². The Morgan fingerprint density at radius 3 is 3.00 bits per heavy atom. The van der Waals surface area contributed by atoms with E-state index in [4.69, 9.17) is 17.3 Å². The van der Waals surface area contributed by atoms with Crippen molar-refractivity contribution in [1.29, 1.82) is 0 Å². The maximum absolute atomic E-state index is 5.77. The van der Waals surface area contributed by atoms with Crippen molar-refractivity contribution in [3.8, 4) is 0 Å². The van der Waals surface area contributed by atoms with Gasteiger partial charge in [-0.1, -0.05) is 23.7 Å². The van der Waals surface area contributed by atoms with E-state index in [-0.39, 0.29) is 0 Å². The van der Waals surface area contributed by atoms with Gasteiger partial charge in [0, 0.05) is 21.9 Å². The number of halogens is 1. The molecular formula is C10H12ClNS. The highest BCUT2D eigenvalue weighted by molar-refractivity contribution is 7.99. The Hall–Kier alpha value is -0.600. The third-order valence-corrected chi connectivity index (χ3v) is 3.04. The van der Waals surface area contributed by atoms with Gasteiger partial charge in [0.15, 0.2) is 0 Å². The molecule has 0 aliphatic heterocycles. The zero-order valence-corrected chi connectivity index (χ0v) is 9.03. The van der Waals surface area contributed by atoms with Gasteiger partial charge in [-0.2, -0.15) is 0 Å². The van der Waals surface area contributed by atoms with Crippen molar-refractivity contribution < 1.29 is 0 Å². The second-order valence-electron chi connectivity index (χ2n) is 2.64. The van der Waals surface area contributed by atoms with Gasteiger partial charge in [-0.25, -0.2) is 0 Å². The fourth-order valence-corrected chi connectivity index (χ4v) is 2.04. The van der Waals surface area contributed by atoms with Crippen molar-refractivity contribution in [2.75, 3.05) is 11.5 Å². The van der Waals surface area contributed by atoms with Gasteiger partial charge in [0.2, 0.25) is 0 Å². The molecule has 0 fully saturated rings. The first kappa shape index (κ1) is 10.5. The summed E-state index contributed by atoms with van der Waals surface area (Å²) < 4.78 is 0. The lowest BCUT2D eigenvalue weighted by Gasteiger charge is -2.05. The fourth-order valence-electron chi connectivity index (χ4n) is 0.962. The van der Waals surface area contributed by atoms with E-state index in [9.17, 15) is 0 Å². The highest BCUT2D eigenvalue weighted by atomic mass is 35.5. The molecular weight excluding hydrogens is 202 g/mol. The van der Waals surface area contributed by atoms with E-state index in [1.54, 1.807) is 11.8 Å². The number of thioether (sulfide) groups is 1. The molecule has 0 aliphatic rings. The first-order valence-electron chi connectivity index (χ1n) is 3.99. The molecule has 1 aromatic rings. The van der Waals surface area contributed by atoms with Gasteiger partial charge in [0.05, 0.1) is 0 Å². The molecule has 0 bridgehead atoms. The van der Waals surface area contributed by atoms with Crippen molar-refractivity contribution in [2.45, 2.75) is 11.8 Å². The molecule has 2 N–H and O–H groups in total. The largest absolute Gasteiger partial charge is 0.398 e. The van der Waals surface area contributed by atoms with Crippen molar-refractivity contribution in [3.63, 3.8) is 0 Å². The summed E-state index contributed by atoms with van der Waals surface area (Å²) in [6, 6.07) is 5.95. The van der Waals surface area contributed by atoms with Crippen molar-refractivity contribution in [1.82, 2.24) is 0 Å². The summed E-state index contributed by atoms with van der Waals surface area (Å²) in [4.78, 5) is 1.22. The second kappa shape index (κ2) is 5.20. The summed E-state index contributed by atoms with van der Waals surface area (Å²) in [6.07, 6.45) is 1.91. The molecule has 0 atom stereocenters. The van der Waals surface area contributed by atoms with E-state index in [1.807, 2.05) is 25.1 Å². The molecule has 0 aliphatic carbocycles. The highest BCUT2D eigenvalue weighted by Crippen LogP contribution is 2.25. The lowest BCUT2D eigenvalue weighted by atomic mass is 10.2. The minimum absolute atomic E-state index is 0.847. The third kappa shape index (κ3) is 2.98. The number of nitrogens with two attached hydrogens (primary N) is 1. The average Bonchev–Trinajstić information content (AvgIpc) is 2.13. The molecule has 1 nitrogen and oxygen atoms in total. The third-order valence-electron chi connectivity index (χ3n) is 1.75. The smallest absolute Gasteiger partial charge is 0.0354 e. The maximum Gasteiger partial charge on any atom is 0.0354 e. The predicted molar refractivity (Wildman–Crippen MR) is 61.3 cm³/mol. The molecule has 0 aromatic heterocycles. The summed E-state index contributed by atoms with van der Waals surface area (Å²) in [7, 11) is 0. The first-order chi connectivity index (χ1) is 6.25. The molecule has 0 saturated heterocycles. The van der Waals surface area contributed by atoms with Gasteiger partial charge in [-0.3, -0.25) is 0 Å². The first-order valence-corrected chi connectivity index (χ1v) is 5.41. The zero-order valence-electron chi connectivity index (χ0n) is 7.46. The van der Waals surface area contributed by atoms with Crippen molar-refractivity contribution in [2.24, 2.45) is 0 Å². The van der Waals surface area contributed by atoms with Gasteiger partial charge in [0.25, 0.3) is 0 Å². The number of rotatable bonds is 3. The van der Waals surface area contributed by atoms with Crippen LogP contribution in [-0.4, -0.2) is 5.75 Å². The van der Waals surface area contributed by atoms with Gasteiger partial charge in [-0.15, -0.1) is 11.8 Å². The lowest BCUT2D eigenvalue weighted by Crippen LogP contribution is -1.90.